The fraction of sp³-hybridized carbons (Fsp3) is 0.409. The quantitative estimate of drug-likeness (QED) is 0.706. The summed E-state index contributed by atoms with van der Waals surface area (Å²) in [6, 6.07) is 12.6. The number of hydrogen-bond acceptors (Lipinski definition) is 3. The number of aromatic nitrogens is 3. The third kappa shape index (κ3) is 3.34. The van der Waals surface area contributed by atoms with E-state index in [1.54, 1.807) is 0 Å². The van der Waals surface area contributed by atoms with Gasteiger partial charge in [-0.3, -0.25) is 4.79 Å². The van der Waals surface area contributed by atoms with Gasteiger partial charge in [-0.2, -0.15) is 5.10 Å². The molecule has 2 aromatic heterocycles. The summed E-state index contributed by atoms with van der Waals surface area (Å²) in [5.74, 6) is 0.233. The average Bonchev–Trinajstić information content (AvgIpc) is 3.28. The maximum atomic E-state index is 13.0. The molecule has 1 aliphatic heterocycles. The van der Waals surface area contributed by atoms with E-state index in [1.165, 1.54) is 5.56 Å². The number of rotatable bonds is 4. The molecule has 1 aliphatic rings. The van der Waals surface area contributed by atoms with E-state index in [4.69, 9.17) is 0 Å². The third-order valence-electron chi connectivity index (χ3n) is 5.63. The van der Waals surface area contributed by atoms with E-state index >= 15 is 0 Å². The topological polar surface area (TPSA) is 50.5 Å². The lowest BCUT2D eigenvalue weighted by Gasteiger charge is -2.25. The first-order chi connectivity index (χ1) is 13.0. The minimum absolute atomic E-state index is 0.218. The molecule has 1 atom stereocenters. The van der Waals surface area contributed by atoms with Crippen LogP contribution in [0.5, 0.6) is 0 Å². The Morgan fingerprint density at radius 3 is 2.74 bits per heavy atom. The van der Waals surface area contributed by atoms with Crippen LogP contribution in [-0.2, 0) is 11.2 Å². The Morgan fingerprint density at radius 1 is 1.19 bits per heavy atom. The van der Waals surface area contributed by atoms with Gasteiger partial charge in [-0.25, -0.2) is 9.50 Å². The highest BCUT2D eigenvalue weighted by Gasteiger charge is 2.29. The summed E-state index contributed by atoms with van der Waals surface area (Å²) in [5, 5.41) is 4.53. The fourth-order valence-electron chi connectivity index (χ4n) is 4.27. The predicted molar refractivity (Wildman–Crippen MR) is 106 cm³/mol. The second-order valence-corrected chi connectivity index (χ2v) is 7.47. The first kappa shape index (κ1) is 17.7. The molecule has 1 unspecified atom stereocenters. The smallest absolute Gasteiger partial charge is 0.223 e. The van der Waals surface area contributed by atoms with Gasteiger partial charge in [0.05, 0.1) is 11.7 Å². The van der Waals surface area contributed by atoms with Crippen molar-refractivity contribution >= 4 is 11.6 Å². The molecule has 0 saturated carbocycles. The molecule has 0 radical (unpaired) electrons. The molecule has 1 saturated heterocycles. The lowest BCUT2D eigenvalue weighted by molar-refractivity contribution is -0.132. The molecule has 27 heavy (non-hydrogen) atoms. The lowest BCUT2D eigenvalue weighted by Crippen LogP contribution is -2.30. The van der Waals surface area contributed by atoms with E-state index < -0.39 is 0 Å². The van der Waals surface area contributed by atoms with Crippen molar-refractivity contribution in [2.24, 2.45) is 0 Å². The molecule has 0 aliphatic carbocycles. The largest absolute Gasteiger partial charge is 0.336 e. The van der Waals surface area contributed by atoms with Crippen LogP contribution in [0.3, 0.4) is 0 Å². The van der Waals surface area contributed by atoms with Gasteiger partial charge in [-0.15, -0.1) is 0 Å². The van der Waals surface area contributed by atoms with Crippen molar-refractivity contribution < 1.29 is 4.79 Å². The van der Waals surface area contributed by atoms with Crippen molar-refractivity contribution in [3.8, 4) is 0 Å². The minimum atomic E-state index is 0.218. The minimum Gasteiger partial charge on any atom is -0.336 e. The van der Waals surface area contributed by atoms with E-state index in [0.29, 0.717) is 12.8 Å². The van der Waals surface area contributed by atoms with Gasteiger partial charge in [-0.05, 0) is 51.2 Å². The van der Waals surface area contributed by atoms with Crippen molar-refractivity contribution in [3.63, 3.8) is 0 Å². The molecule has 0 bridgehead atoms. The Balaban J connectivity index is 1.52. The van der Waals surface area contributed by atoms with Crippen molar-refractivity contribution in [1.29, 1.82) is 0 Å². The Labute approximate surface area is 160 Å². The predicted octanol–water partition coefficient (Wildman–Crippen LogP) is 3.95. The number of likely N-dealkylation sites (tertiary alicyclic amines) is 1. The third-order valence-corrected chi connectivity index (χ3v) is 5.63. The van der Waals surface area contributed by atoms with Crippen LogP contribution < -0.4 is 0 Å². The van der Waals surface area contributed by atoms with E-state index in [9.17, 15) is 4.79 Å². The Kier molecular flexibility index (Phi) is 4.68. The number of carbonyl (C=O) groups excluding carboxylic acids is 1. The maximum Gasteiger partial charge on any atom is 0.223 e. The number of fused-ring (bicyclic) bond motifs is 1. The van der Waals surface area contributed by atoms with E-state index in [-0.39, 0.29) is 11.9 Å². The second-order valence-electron chi connectivity index (χ2n) is 7.47. The molecular formula is C22H26N4O. The van der Waals surface area contributed by atoms with Crippen LogP contribution in [0.4, 0.5) is 0 Å². The standard InChI is InChI=1S/C22H26N4O/c1-15-14-21-23-16(2)19(17(3)26(21)24-15)11-12-22(27)25-13-7-10-20(25)18-8-5-4-6-9-18/h4-6,8-9,14,20H,7,10-13H2,1-3H3. The van der Waals surface area contributed by atoms with E-state index in [2.05, 4.69) is 46.2 Å². The molecule has 1 aromatic carbocycles. The van der Waals surface area contributed by atoms with Crippen LogP contribution in [-0.4, -0.2) is 31.9 Å². The van der Waals surface area contributed by atoms with Crippen LogP contribution in [0.25, 0.3) is 5.65 Å². The van der Waals surface area contributed by atoms with Crippen molar-refractivity contribution in [2.75, 3.05) is 6.54 Å². The molecule has 3 heterocycles. The first-order valence-corrected chi connectivity index (χ1v) is 9.71. The molecule has 1 amide bonds. The van der Waals surface area contributed by atoms with Crippen LogP contribution in [0.1, 0.15) is 53.5 Å². The van der Waals surface area contributed by atoms with E-state index in [1.807, 2.05) is 30.5 Å². The highest BCUT2D eigenvalue weighted by atomic mass is 16.2. The number of nitrogens with zero attached hydrogens (tertiary/aromatic N) is 4. The highest BCUT2D eigenvalue weighted by Crippen LogP contribution is 2.32. The number of carbonyl (C=O) groups is 1. The zero-order valence-corrected chi connectivity index (χ0v) is 16.3. The zero-order chi connectivity index (χ0) is 19.0. The van der Waals surface area contributed by atoms with Gasteiger partial charge in [-0.1, -0.05) is 30.3 Å². The van der Waals surface area contributed by atoms with Crippen LogP contribution in [0.15, 0.2) is 36.4 Å². The molecule has 5 heteroatoms. The number of amides is 1. The van der Waals surface area contributed by atoms with Gasteiger partial charge in [0, 0.05) is 30.4 Å². The maximum absolute atomic E-state index is 13.0. The Hall–Kier alpha value is -2.69. The highest BCUT2D eigenvalue weighted by molar-refractivity contribution is 5.77. The summed E-state index contributed by atoms with van der Waals surface area (Å²) in [4.78, 5) is 19.7. The summed E-state index contributed by atoms with van der Waals surface area (Å²) >= 11 is 0. The van der Waals surface area contributed by atoms with Gasteiger partial charge < -0.3 is 4.90 Å². The monoisotopic (exact) mass is 362 g/mol. The fourth-order valence-corrected chi connectivity index (χ4v) is 4.27. The molecule has 140 valence electrons. The normalized spacial score (nSPS) is 17.0. The summed E-state index contributed by atoms with van der Waals surface area (Å²) in [7, 11) is 0. The van der Waals surface area contributed by atoms with Crippen molar-refractivity contribution in [1.82, 2.24) is 19.5 Å². The second kappa shape index (κ2) is 7.14. The number of benzene rings is 1. The summed E-state index contributed by atoms with van der Waals surface area (Å²) in [5.41, 5.74) is 6.29. The van der Waals surface area contributed by atoms with E-state index in [0.717, 1.165) is 47.7 Å². The molecule has 4 rings (SSSR count). The Morgan fingerprint density at radius 2 is 1.96 bits per heavy atom. The molecule has 1 fully saturated rings. The van der Waals surface area contributed by atoms with Crippen LogP contribution >= 0.6 is 0 Å². The van der Waals surface area contributed by atoms with Gasteiger partial charge in [0.15, 0.2) is 5.65 Å². The lowest BCUT2D eigenvalue weighted by atomic mass is 10.0. The SMILES string of the molecule is Cc1cc2nc(C)c(CCC(=O)N3CCCC3c3ccccc3)c(C)n2n1. The summed E-state index contributed by atoms with van der Waals surface area (Å²) < 4.78 is 1.89. The molecule has 0 N–H and O–H groups in total. The Bertz CT molecular complexity index is 977. The van der Waals surface area contributed by atoms with Crippen molar-refractivity contribution in [2.45, 2.75) is 52.5 Å². The van der Waals surface area contributed by atoms with Gasteiger partial charge >= 0.3 is 0 Å². The summed E-state index contributed by atoms with van der Waals surface area (Å²) in [6.45, 7) is 6.92. The molecular weight excluding hydrogens is 336 g/mol. The number of aryl methyl sites for hydroxylation is 3. The van der Waals surface area contributed by atoms with Gasteiger partial charge in [0.25, 0.3) is 0 Å². The molecule has 5 nitrogen and oxygen atoms in total. The molecule has 3 aromatic rings. The van der Waals surface area contributed by atoms with Crippen LogP contribution in [0.2, 0.25) is 0 Å². The van der Waals surface area contributed by atoms with Gasteiger partial charge in [0.1, 0.15) is 0 Å². The molecule has 0 spiro atoms. The van der Waals surface area contributed by atoms with Gasteiger partial charge in [0.2, 0.25) is 5.91 Å². The van der Waals surface area contributed by atoms with Crippen LogP contribution in [0, 0.1) is 20.8 Å². The average molecular weight is 362 g/mol. The number of hydrogen-bond donors (Lipinski definition) is 0. The first-order valence-electron chi connectivity index (χ1n) is 9.71. The zero-order valence-electron chi connectivity index (χ0n) is 16.3. The van der Waals surface area contributed by atoms with Crippen molar-refractivity contribution in [3.05, 3.63) is 64.6 Å². The summed E-state index contributed by atoms with van der Waals surface area (Å²) in [6.07, 6.45) is 3.34.